The fourth-order valence-electron chi connectivity index (χ4n) is 8.52. The van der Waals surface area contributed by atoms with Crippen LogP contribution in [0.4, 0.5) is 0 Å². The Bertz CT molecular complexity index is 1200. The van der Waals surface area contributed by atoms with Gasteiger partial charge in [0.2, 0.25) is 0 Å². The molecule has 0 bridgehead atoms. The first-order valence-corrected chi connectivity index (χ1v) is 28.5. The van der Waals surface area contributed by atoms with Crippen molar-refractivity contribution in [3.8, 4) is 0 Å². The Morgan fingerprint density at radius 2 is 0.773 bits per heavy atom. The zero-order valence-corrected chi connectivity index (χ0v) is 42.7. The quantitative estimate of drug-likeness (QED) is 0.0145. The van der Waals surface area contributed by atoms with Crippen LogP contribution in [0.5, 0.6) is 0 Å². The number of aliphatic hydroxyl groups excluding tert-OH is 5. The number of carbonyl (C=O) groups excluding carboxylic acids is 2. The monoisotopic (exact) mass is 963 g/mol. The normalized spacial score (nSPS) is 21.3. The van der Waals surface area contributed by atoms with Gasteiger partial charge in [0.15, 0.2) is 6.10 Å². The van der Waals surface area contributed by atoms with Crippen LogP contribution in [0.1, 0.15) is 251 Å². The first kappa shape index (κ1) is 62.6. The fourth-order valence-corrected chi connectivity index (χ4v) is 9.49. The topological polar surface area (TPSA) is 210 Å². The number of esters is 2. The van der Waals surface area contributed by atoms with Gasteiger partial charge in [-0.05, 0) is 38.5 Å². The van der Waals surface area contributed by atoms with Crippen molar-refractivity contribution in [2.24, 2.45) is 0 Å². The lowest BCUT2D eigenvalue weighted by Gasteiger charge is -2.41. The minimum atomic E-state index is -5.12. The largest absolute Gasteiger partial charge is 0.472 e. The highest BCUT2D eigenvalue weighted by atomic mass is 31.2. The average molecular weight is 963 g/mol. The molecule has 0 heterocycles. The fraction of sp³-hybridized carbons (Fsp3) is 0.923. The SMILES string of the molecule is CCCCCCC/C=C/CCCCCCCC(=O)OC[C@H](COP(=O)(O)OC1C(O)C(O)C(O)[C@@H](O)C1O)OC(=O)CCCCCCCCCCCCCCCCCCCCCCCCC. The lowest BCUT2D eigenvalue weighted by Crippen LogP contribution is -2.64. The van der Waals surface area contributed by atoms with Crippen LogP contribution in [-0.4, -0.2) is 98.3 Å². The van der Waals surface area contributed by atoms with E-state index < -0.39 is 75.7 Å². The molecule has 0 aromatic heterocycles. The van der Waals surface area contributed by atoms with Crippen LogP contribution in [0.25, 0.3) is 0 Å². The Morgan fingerprint density at radius 1 is 0.455 bits per heavy atom. The molecule has 13 nitrogen and oxygen atoms in total. The van der Waals surface area contributed by atoms with Gasteiger partial charge in [0.05, 0.1) is 6.61 Å². The second kappa shape index (κ2) is 42.5. The standard InChI is InChI=1S/C52H99O13P/c1-3-5-7-9-11-13-15-17-19-20-21-22-23-24-25-26-27-29-31-33-35-37-39-41-46(54)64-44(43-63-66(60,61)65-52-50(58)48(56)47(55)49(57)51(52)59)42-62-45(53)40-38-36-34-32-30-28-18-16-14-12-10-8-6-4-2/h16,18,44,47-52,55-59H,3-15,17,19-43H2,1-2H3,(H,60,61)/b18-16+/t44-,47?,48-,49?,50?,51?,52?/m1/s1. The minimum Gasteiger partial charge on any atom is -0.462 e. The van der Waals surface area contributed by atoms with Gasteiger partial charge in [-0.1, -0.05) is 212 Å². The van der Waals surface area contributed by atoms with E-state index in [1.165, 1.54) is 154 Å². The van der Waals surface area contributed by atoms with Crippen molar-refractivity contribution in [2.75, 3.05) is 13.2 Å². The van der Waals surface area contributed by atoms with Crippen molar-refractivity contribution in [3.63, 3.8) is 0 Å². The highest BCUT2D eigenvalue weighted by Gasteiger charge is 2.51. The molecule has 1 aliphatic rings. The van der Waals surface area contributed by atoms with E-state index in [0.717, 1.165) is 57.8 Å². The van der Waals surface area contributed by atoms with Gasteiger partial charge in [-0.3, -0.25) is 18.6 Å². The summed E-state index contributed by atoms with van der Waals surface area (Å²) in [5, 5.41) is 50.3. The molecule has 8 atom stereocenters. The zero-order valence-electron chi connectivity index (χ0n) is 41.8. The van der Waals surface area contributed by atoms with Crippen molar-refractivity contribution < 1.29 is 63.1 Å². The van der Waals surface area contributed by atoms with Gasteiger partial charge in [0.25, 0.3) is 0 Å². The third-order valence-corrected chi connectivity index (χ3v) is 13.8. The maximum atomic E-state index is 12.9. The highest BCUT2D eigenvalue weighted by Crippen LogP contribution is 2.47. The van der Waals surface area contributed by atoms with E-state index >= 15 is 0 Å². The van der Waals surface area contributed by atoms with Crippen LogP contribution in [-0.2, 0) is 32.7 Å². The maximum Gasteiger partial charge on any atom is 0.472 e. The van der Waals surface area contributed by atoms with Gasteiger partial charge in [-0.2, -0.15) is 0 Å². The molecular weight excluding hydrogens is 864 g/mol. The molecule has 0 aromatic carbocycles. The number of phosphoric acid groups is 1. The van der Waals surface area contributed by atoms with Crippen molar-refractivity contribution in [2.45, 2.75) is 294 Å². The molecule has 6 unspecified atom stereocenters. The number of allylic oxidation sites excluding steroid dienone is 2. The number of rotatable bonds is 46. The predicted molar refractivity (Wildman–Crippen MR) is 263 cm³/mol. The number of hydrogen-bond acceptors (Lipinski definition) is 12. The molecule has 0 spiro atoms. The van der Waals surface area contributed by atoms with Gasteiger partial charge in [-0.15, -0.1) is 0 Å². The van der Waals surface area contributed by atoms with E-state index in [4.69, 9.17) is 18.5 Å². The van der Waals surface area contributed by atoms with Gasteiger partial charge in [-0.25, -0.2) is 4.57 Å². The lowest BCUT2D eigenvalue weighted by atomic mass is 9.85. The van der Waals surface area contributed by atoms with E-state index in [1.54, 1.807) is 0 Å². The second-order valence-corrected chi connectivity index (χ2v) is 20.5. The maximum absolute atomic E-state index is 12.9. The van der Waals surface area contributed by atoms with E-state index in [0.29, 0.717) is 12.8 Å². The Hall–Kier alpha value is -1.41. The summed E-state index contributed by atoms with van der Waals surface area (Å²) in [7, 11) is -5.12. The molecule has 390 valence electrons. The molecule has 66 heavy (non-hydrogen) atoms. The Labute approximate surface area is 401 Å². The highest BCUT2D eigenvalue weighted by molar-refractivity contribution is 7.47. The molecular formula is C52H99O13P. The number of aliphatic hydroxyl groups is 5. The van der Waals surface area contributed by atoms with Crippen molar-refractivity contribution in [1.29, 1.82) is 0 Å². The third-order valence-electron chi connectivity index (χ3n) is 12.9. The van der Waals surface area contributed by atoms with Crippen molar-refractivity contribution in [1.82, 2.24) is 0 Å². The van der Waals surface area contributed by atoms with Gasteiger partial charge in [0.1, 0.15) is 43.2 Å². The molecule has 0 aromatic rings. The van der Waals surface area contributed by atoms with Crippen LogP contribution in [0, 0.1) is 0 Å². The molecule has 1 saturated carbocycles. The molecule has 1 rings (SSSR count). The van der Waals surface area contributed by atoms with Gasteiger partial charge >= 0.3 is 19.8 Å². The summed E-state index contributed by atoms with van der Waals surface area (Å²) in [6.07, 6.45) is 34.1. The summed E-state index contributed by atoms with van der Waals surface area (Å²) in [6, 6.07) is 0. The van der Waals surface area contributed by atoms with Crippen LogP contribution in [0.3, 0.4) is 0 Å². The number of phosphoric ester groups is 1. The average Bonchev–Trinajstić information content (AvgIpc) is 3.30. The van der Waals surface area contributed by atoms with Gasteiger partial charge in [0, 0.05) is 12.8 Å². The third kappa shape index (κ3) is 34.0. The van der Waals surface area contributed by atoms with Crippen LogP contribution in [0.2, 0.25) is 0 Å². The summed E-state index contributed by atoms with van der Waals surface area (Å²) >= 11 is 0. The number of hydrogen-bond donors (Lipinski definition) is 6. The molecule has 1 fully saturated rings. The van der Waals surface area contributed by atoms with Gasteiger partial charge < -0.3 is 39.9 Å². The second-order valence-electron chi connectivity index (χ2n) is 19.1. The summed E-state index contributed by atoms with van der Waals surface area (Å²) in [4.78, 5) is 35.8. The molecule has 0 aliphatic heterocycles. The van der Waals surface area contributed by atoms with E-state index in [9.17, 15) is 44.6 Å². The van der Waals surface area contributed by atoms with Crippen LogP contribution in [0.15, 0.2) is 12.2 Å². The molecule has 6 N–H and O–H groups in total. The number of carbonyl (C=O) groups is 2. The molecule has 0 saturated heterocycles. The molecule has 1 aliphatic carbocycles. The van der Waals surface area contributed by atoms with Crippen molar-refractivity contribution >= 4 is 19.8 Å². The van der Waals surface area contributed by atoms with E-state index in [2.05, 4.69) is 26.0 Å². The number of unbranched alkanes of at least 4 members (excludes halogenated alkanes) is 32. The lowest BCUT2D eigenvalue weighted by molar-refractivity contribution is -0.220. The van der Waals surface area contributed by atoms with E-state index in [-0.39, 0.29) is 12.8 Å². The van der Waals surface area contributed by atoms with Crippen LogP contribution < -0.4 is 0 Å². The Balaban J connectivity index is 2.34. The van der Waals surface area contributed by atoms with E-state index in [1.807, 2.05) is 0 Å². The summed E-state index contributed by atoms with van der Waals surface area (Å²) in [6.45, 7) is 3.33. The minimum absolute atomic E-state index is 0.102. The Kier molecular flexibility index (Phi) is 40.3. The zero-order chi connectivity index (χ0) is 48.5. The first-order chi connectivity index (χ1) is 31.9. The number of ether oxygens (including phenoxy) is 2. The summed E-state index contributed by atoms with van der Waals surface area (Å²) < 4.78 is 33.7. The summed E-state index contributed by atoms with van der Waals surface area (Å²) in [5.41, 5.74) is 0. The van der Waals surface area contributed by atoms with Crippen molar-refractivity contribution in [3.05, 3.63) is 12.2 Å². The molecule has 0 amide bonds. The molecule has 0 radical (unpaired) electrons. The molecule has 14 heteroatoms. The van der Waals surface area contributed by atoms with Crippen LogP contribution >= 0.6 is 7.82 Å². The predicted octanol–water partition coefficient (Wildman–Crippen LogP) is 11.8. The first-order valence-electron chi connectivity index (χ1n) is 27.0. The Morgan fingerprint density at radius 3 is 1.15 bits per heavy atom. The smallest absolute Gasteiger partial charge is 0.462 e. The summed E-state index contributed by atoms with van der Waals surface area (Å²) in [5.74, 6) is -1.09.